The quantitative estimate of drug-likeness (QED) is 0.807. The van der Waals surface area contributed by atoms with Crippen LogP contribution >= 0.6 is 0 Å². The van der Waals surface area contributed by atoms with Gasteiger partial charge in [0.05, 0.1) is 21.3 Å². The van der Waals surface area contributed by atoms with Gasteiger partial charge in [0.15, 0.2) is 0 Å². The Morgan fingerprint density at radius 2 is 1.33 bits per heavy atom. The highest BCUT2D eigenvalue weighted by atomic mass is 16.5. The molecule has 2 aromatic rings. The second-order valence-corrected chi connectivity index (χ2v) is 4.52. The molecule has 0 spiro atoms. The molecule has 2 rings (SSSR count). The van der Waals surface area contributed by atoms with Crippen LogP contribution in [0.2, 0.25) is 0 Å². The van der Waals surface area contributed by atoms with Gasteiger partial charge in [-0.15, -0.1) is 0 Å². The first-order chi connectivity index (χ1) is 10.2. The fraction of sp³-hybridized carbons (Fsp3) is 0.294. The summed E-state index contributed by atoms with van der Waals surface area (Å²) in [6.07, 6.45) is 0. The van der Waals surface area contributed by atoms with E-state index in [0.29, 0.717) is 0 Å². The Morgan fingerprint density at radius 1 is 0.762 bits per heavy atom. The second-order valence-electron chi connectivity index (χ2n) is 4.52. The van der Waals surface area contributed by atoms with Crippen molar-refractivity contribution in [3.8, 4) is 17.2 Å². The van der Waals surface area contributed by atoms with Gasteiger partial charge in [-0.3, -0.25) is 0 Å². The van der Waals surface area contributed by atoms with E-state index in [1.54, 1.807) is 21.3 Å². The number of rotatable bonds is 6. The molecule has 0 heterocycles. The monoisotopic (exact) mass is 287 g/mol. The molecule has 0 atom stereocenters. The predicted molar refractivity (Wildman–Crippen MR) is 85.2 cm³/mol. The van der Waals surface area contributed by atoms with Crippen molar-refractivity contribution in [3.05, 3.63) is 42.5 Å². The topological polar surface area (TPSA) is 30.9 Å². The highest BCUT2D eigenvalue weighted by Gasteiger charge is 2.11. The molecule has 0 N–H and O–H groups in total. The Hall–Kier alpha value is -2.36. The van der Waals surface area contributed by atoms with Crippen molar-refractivity contribution in [2.45, 2.75) is 6.92 Å². The largest absolute Gasteiger partial charge is 0.497 e. The van der Waals surface area contributed by atoms with Gasteiger partial charge in [0.25, 0.3) is 0 Å². The zero-order valence-electron chi connectivity index (χ0n) is 12.9. The fourth-order valence-electron chi connectivity index (χ4n) is 2.24. The van der Waals surface area contributed by atoms with E-state index in [0.717, 1.165) is 35.2 Å². The summed E-state index contributed by atoms with van der Waals surface area (Å²) in [5, 5.41) is 0. The molecule has 0 aliphatic heterocycles. The third-order valence-electron chi connectivity index (χ3n) is 3.33. The maximum atomic E-state index is 5.34. The molecule has 4 heteroatoms. The number of anilines is 2. The van der Waals surface area contributed by atoms with Crippen LogP contribution in [0.25, 0.3) is 0 Å². The van der Waals surface area contributed by atoms with E-state index >= 15 is 0 Å². The van der Waals surface area contributed by atoms with Gasteiger partial charge in [0.1, 0.15) is 17.2 Å². The van der Waals surface area contributed by atoms with E-state index in [9.17, 15) is 0 Å². The lowest BCUT2D eigenvalue weighted by Crippen LogP contribution is -2.16. The number of benzene rings is 2. The summed E-state index contributed by atoms with van der Waals surface area (Å²) in [7, 11) is 4.98. The summed E-state index contributed by atoms with van der Waals surface area (Å²) in [6.45, 7) is 2.93. The summed E-state index contributed by atoms with van der Waals surface area (Å²) < 4.78 is 16.0. The maximum Gasteiger partial charge on any atom is 0.124 e. The first-order valence-electron chi connectivity index (χ1n) is 6.86. The van der Waals surface area contributed by atoms with Gasteiger partial charge < -0.3 is 19.1 Å². The number of methoxy groups -OCH3 is 3. The third kappa shape index (κ3) is 3.40. The van der Waals surface area contributed by atoms with Crippen molar-refractivity contribution < 1.29 is 14.2 Å². The van der Waals surface area contributed by atoms with E-state index in [2.05, 4.69) is 17.9 Å². The van der Waals surface area contributed by atoms with Crippen LogP contribution in [0.3, 0.4) is 0 Å². The minimum Gasteiger partial charge on any atom is -0.497 e. The molecule has 2 aromatic carbocycles. The first-order valence-corrected chi connectivity index (χ1v) is 6.86. The minimum absolute atomic E-state index is 0.769. The molecule has 0 saturated carbocycles. The van der Waals surface area contributed by atoms with Crippen LogP contribution in [-0.4, -0.2) is 27.9 Å². The zero-order chi connectivity index (χ0) is 15.2. The van der Waals surface area contributed by atoms with Gasteiger partial charge in [-0.2, -0.15) is 0 Å². The summed E-state index contributed by atoms with van der Waals surface area (Å²) >= 11 is 0. The SMILES string of the molecule is CCN(c1cccc(OC)c1)c1cc(OC)cc(OC)c1. The van der Waals surface area contributed by atoms with Crippen LogP contribution in [0, 0.1) is 0 Å². The van der Waals surface area contributed by atoms with Gasteiger partial charge >= 0.3 is 0 Å². The van der Waals surface area contributed by atoms with Crippen LogP contribution in [0.15, 0.2) is 42.5 Å². The average molecular weight is 287 g/mol. The molecule has 0 radical (unpaired) electrons. The second kappa shape index (κ2) is 6.88. The summed E-state index contributed by atoms with van der Waals surface area (Å²) in [5.41, 5.74) is 2.08. The Kier molecular flexibility index (Phi) is 4.93. The standard InChI is InChI=1S/C17H21NO3/c1-5-18(13-7-6-8-15(9-13)19-2)14-10-16(20-3)12-17(11-14)21-4/h6-12H,5H2,1-4H3. The van der Waals surface area contributed by atoms with Crippen molar-refractivity contribution in [1.29, 1.82) is 0 Å². The van der Waals surface area contributed by atoms with Crippen LogP contribution in [0.1, 0.15) is 6.92 Å². The van der Waals surface area contributed by atoms with Crippen molar-refractivity contribution in [2.24, 2.45) is 0 Å². The van der Waals surface area contributed by atoms with Gasteiger partial charge in [-0.25, -0.2) is 0 Å². The number of hydrogen-bond acceptors (Lipinski definition) is 4. The van der Waals surface area contributed by atoms with Crippen molar-refractivity contribution in [3.63, 3.8) is 0 Å². The lowest BCUT2D eigenvalue weighted by atomic mass is 10.2. The van der Waals surface area contributed by atoms with E-state index in [1.165, 1.54) is 0 Å². The first kappa shape index (κ1) is 15.0. The molecular weight excluding hydrogens is 266 g/mol. The molecule has 0 fully saturated rings. The molecule has 0 amide bonds. The smallest absolute Gasteiger partial charge is 0.124 e. The van der Waals surface area contributed by atoms with E-state index in [-0.39, 0.29) is 0 Å². The molecule has 112 valence electrons. The van der Waals surface area contributed by atoms with E-state index in [1.807, 2.05) is 36.4 Å². The maximum absolute atomic E-state index is 5.34. The Bertz CT molecular complexity index is 576. The minimum atomic E-state index is 0.769. The molecule has 0 unspecified atom stereocenters. The third-order valence-corrected chi connectivity index (χ3v) is 3.33. The van der Waals surface area contributed by atoms with Crippen LogP contribution in [-0.2, 0) is 0 Å². The molecule has 4 nitrogen and oxygen atoms in total. The summed E-state index contributed by atoms with van der Waals surface area (Å²) in [5.74, 6) is 2.37. The van der Waals surface area contributed by atoms with Gasteiger partial charge in [0, 0.05) is 42.2 Å². The molecule has 0 aromatic heterocycles. The van der Waals surface area contributed by atoms with Crippen LogP contribution < -0.4 is 19.1 Å². The van der Waals surface area contributed by atoms with Gasteiger partial charge in [0.2, 0.25) is 0 Å². The predicted octanol–water partition coefficient (Wildman–Crippen LogP) is 3.87. The Labute approximate surface area is 125 Å². The number of nitrogens with zero attached hydrogens (tertiary/aromatic N) is 1. The Balaban J connectivity index is 2.44. The molecule has 0 aliphatic rings. The normalized spacial score (nSPS) is 10.1. The zero-order valence-corrected chi connectivity index (χ0v) is 12.9. The van der Waals surface area contributed by atoms with Crippen LogP contribution in [0.4, 0.5) is 11.4 Å². The summed E-state index contributed by atoms with van der Waals surface area (Å²) in [6, 6.07) is 13.8. The van der Waals surface area contributed by atoms with Crippen molar-refractivity contribution >= 4 is 11.4 Å². The highest BCUT2D eigenvalue weighted by molar-refractivity contribution is 5.67. The van der Waals surface area contributed by atoms with Crippen LogP contribution in [0.5, 0.6) is 17.2 Å². The van der Waals surface area contributed by atoms with E-state index < -0.39 is 0 Å². The van der Waals surface area contributed by atoms with Gasteiger partial charge in [-0.1, -0.05) is 6.07 Å². The molecule has 0 saturated heterocycles. The highest BCUT2D eigenvalue weighted by Crippen LogP contribution is 2.33. The molecule has 0 aliphatic carbocycles. The average Bonchev–Trinajstić information content (AvgIpc) is 2.55. The molecule has 21 heavy (non-hydrogen) atoms. The lowest BCUT2D eigenvalue weighted by molar-refractivity contribution is 0.394. The molecule has 0 bridgehead atoms. The lowest BCUT2D eigenvalue weighted by Gasteiger charge is -2.24. The van der Waals surface area contributed by atoms with Gasteiger partial charge in [-0.05, 0) is 19.1 Å². The van der Waals surface area contributed by atoms with E-state index in [4.69, 9.17) is 14.2 Å². The number of ether oxygens (including phenoxy) is 3. The van der Waals surface area contributed by atoms with Crippen molar-refractivity contribution in [2.75, 3.05) is 32.8 Å². The Morgan fingerprint density at radius 3 is 1.86 bits per heavy atom. The summed E-state index contributed by atoms with van der Waals surface area (Å²) in [4.78, 5) is 2.17. The molecular formula is C17H21NO3. The van der Waals surface area contributed by atoms with Crippen molar-refractivity contribution in [1.82, 2.24) is 0 Å². The fourth-order valence-corrected chi connectivity index (χ4v) is 2.24. The number of hydrogen-bond donors (Lipinski definition) is 0.